The number of primary amides is 2. The Bertz CT molecular complexity index is 2530. The molecule has 19 heteroatoms. The number of likely N-dealkylation sites (N-methyl/N-ethyl adjacent to an activating group) is 1. The number of carbonyl (C=O) groups excluding carboxylic acids is 5. The van der Waals surface area contributed by atoms with Gasteiger partial charge in [-0.05, 0) is 99.9 Å². The first-order valence-electron chi connectivity index (χ1n) is 21.3. The molecule has 18 nitrogen and oxygen atoms in total. The highest BCUT2D eigenvalue weighted by molar-refractivity contribution is 6.25. The molecule has 0 radical (unpaired) electrons. The van der Waals surface area contributed by atoms with Crippen LogP contribution in [0.1, 0.15) is 56.0 Å². The van der Waals surface area contributed by atoms with Gasteiger partial charge in [-0.25, -0.2) is 14.4 Å². The van der Waals surface area contributed by atoms with Gasteiger partial charge in [0.05, 0.1) is 17.8 Å². The van der Waals surface area contributed by atoms with Crippen LogP contribution in [0.2, 0.25) is 0 Å². The summed E-state index contributed by atoms with van der Waals surface area (Å²) in [5, 5.41) is 43.9. The molecule has 1 fully saturated rings. The molecule has 348 valence electrons. The molecule has 0 unspecified atom stereocenters. The number of anilines is 2. The first-order valence-corrected chi connectivity index (χ1v) is 21.3. The standard InChI is InChI=1S/C23H27N3O7.C19H22FN3O.C5H5N3O/c1-25(2)12-5-6-13(27)15-10(12)7-9-8-11-17(26(3)4)19(29)16(22(24)32)21(31)23(11,33)20(30)14(9)18(15)28;20-17-8-6-16(7-9-17)18(24)4-3-11-22-12-14-23(15-13-22)19-5-1-2-10-21-19;6-5(9)4-3-7-1-2-8-4/h5-6,9,11,17,27,29-30,33H,7-8H2,1-4H3,(H2,24,32);1-2,5-10H,3-4,11-15H2;1-3H,(H2,6,9)/t9-,11-,17-,23-;;/m0../s1. The van der Waals surface area contributed by atoms with Crippen LogP contribution in [0.3, 0.4) is 0 Å². The summed E-state index contributed by atoms with van der Waals surface area (Å²) in [5.41, 5.74) is 8.68. The Morgan fingerprint density at radius 1 is 0.879 bits per heavy atom. The van der Waals surface area contributed by atoms with Crippen molar-refractivity contribution in [2.24, 2.45) is 23.3 Å². The number of nitrogens with two attached hydrogens (primary N) is 2. The average Bonchev–Trinajstić information content (AvgIpc) is 3.29. The van der Waals surface area contributed by atoms with Gasteiger partial charge in [-0.3, -0.25) is 38.8 Å². The summed E-state index contributed by atoms with van der Waals surface area (Å²) in [5.74, 6) is -6.28. The second-order valence-corrected chi connectivity index (χ2v) is 16.8. The molecule has 4 aromatic rings. The highest BCUT2D eigenvalue weighted by Gasteiger charge is 2.63. The monoisotopic (exact) mass is 907 g/mol. The van der Waals surface area contributed by atoms with Crippen LogP contribution in [0.25, 0.3) is 0 Å². The molecule has 8 N–H and O–H groups in total. The van der Waals surface area contributed by atoms with Crippen molar-refractivity contribution in [2.45, 2.75) is 37.3 Å². The second-order valence-electron chi connectivity index (χ2n) is 16.8. The van der Waals surface area contributed by atoms with Gasteiger partial charge in [0, 0.05) is 88.0 Å². The Kier molecular flexibility index (Phi) is 14.9. The number of aromatic hydroxyl groups is 1. The molecule has 3 aliphatic carbocycles. The van der Waals surface area contributed by atoms with E-state index in [1.165, 1.54) is 41.7 Å². The fraction of sp³-hybridized carbons (Fsp3) is 0.362. The van der Waals surface area contributed by atoms with Gasteiger partial charge >= 0.3 is 0 Å². The van der Waals surface area contributed by atoms with Crippen molar-refractivity contribution in [2.75, 3.05) is 70.7 Å². The van der Waals surface area contributed by atoms with Crippen LogP contribution < -0.4 is 21.3 Å². The Morgan fingerprint density at radius 3 is 2.14 bits per heavy atom. The van der Waals surface area contributed by atoms with Crippen LogP contribution in [-0.4, -0.2) is 147 Å². The Morgan fingerprint density at radius 2 is 1.58 bits per heavy atom. The number of aliphatic hydroxyl groups excluding tert-OH is 2. The van der Waals surface area contributed by atoms with Crippen LogP contribution in [0, 0.1) is 17.7 Å². The third-order valence-corrected chi connectivity index (χ3v) is 12.3. The number of rotatable bonds is 10. The van der Waals surface area contributed by atoms with Gasteiger partial charge in [0.15, 0.2) is 17.2 Å². The quantitative estimate of drug-likeness (QED) is 0.0987. The minimum absolute atomic E-state index is 0.00184. The van der Waals surface area contributed by atoms with E-state index in [9.17, 15) is 48.8 Å². The fourth-order valence-electron chi connectivity index (χ4n) is 9.06. The van der Waals surface area contributed by atoms with E-state index in [4.69, 9.17) is 11.5 Å². The van der Waals surface area contributed by atoms with Gasteiger partial charge < -0.3 is 41.7 Å². The predicted molar refractivity (Wildman–Crippen MR) is 241 cm³/mol. The maximum atomic E-state index is 13.5. The van der Waals surface area contributed by atoms with Gasteiger partial charge in [0.2, 0.25) is 5.78 Å². The van der Waals surface area contributed by atoms with Crippen molar-refractivity contribution < 1.29 is 48.8 Å². The maximum Gasteiger partial charge on any atom is 0.268 e. The third kappa shape index (κ3) is 9.92. The number of hydrogen-bond acceptors (Lipinski definition) is 16. The van der Waals surface area contributed by atoms with Crippen LogP contribution in [0.5, 0.6) is 5.75 Å². The number of carbonyl (C=O) groups is 5. The lowest BCUT2D eigenvalue weighted by atomic mass is 9.58. The van der Waals surface area contributed by atoms with Crippen LogP contribution >= 0.6 is 0 Å². The minimum Gasteiger partial charge on any atom is -0.510 e. The summed E-state index contributed by atoms with van der Waals surface area (Å²) < 4.78 is 12.9. The number of hydrogen-bond donors (Lipinski definition) is 6. The van der Waals surface area contributed by atoms with E-state index in [1.54, 1.807) is 51.3 Å². The number of benzene rings is 2. The van der Waals surface area contributed by atoms with Crippen molar-refractivity contribution >= 4 is 40.7 Å². The molecule has 0 saturated carbocycles. The summed E-state index contributed by atoms with van der Waals surface area (Å²) >= 11 is 0. The lowest BCUT2D eigenvalue weighted by Crippen LogP contribution is -2.63. The van der Waals surface area contributed by atoms with E-state index in [-0.39, 0.29) is 47.0 Å². The number of halogens is 1. The largest absolute Gasteiger partial charge is 0.510 e. The molecule has 8 rings (SSSR count). The summed E-state index contributed by atoms with van der Waals surface area (Å²) in [6.45, 7) is 4.82. The molecular formula is C47H54FN9O9. The number of piperazine rings is 1. The minimum atomic E-state index is -2.63. The Hall–Kier alpha value is -7.09. The number of amides is 2. The molecule has 2 aromatic carbocycles. The van der Waals surface area contributed by atoms with Gasteiger partial charge in [0.25, 0.3) is 11.8 Å². The van der Waals surface area contributed by atoms with E-state index in [2.05, 4.69) is 24.8 Å². The first-order chi connectivity index (χ1) is 31.4. The Labute approximate surface area is 380 Å². The number of fused-ring (bicyclic) bond motifs is 3. The van der Waals surface area contributed by atoms with E-state index in [0.717, 1.165) is 50.6 Å². The molecule has 2 aromatic heterocycles. The fourth-order valence-corrected chi connectivity index (χ4v) is 9.06. The van der Waals surface area contributed by atoms with Gasteiger partial charge in [-0.15, -0.1) is 0 Å². The lowest BCUT2D eigenvalue weighted by Gasteiger charge is -2.50. The Balaban J connectivity index is 0.000000189. The average molecular weight is 908 g/mol. The number of pyridine rings is 1. The van der Waals surface area contributed by atoms with Gasteiger partial charge in [-0.2, -0.15) is 0 Å². The van der Waals surface area contributed by atoms with Crippen LogP contribution in [0.4, 0.5) is 15.9 Å². The number of aromatic nitrogens is 3. The van der Waals surface area contributed by atoms with Crippen LogP contribution in [0.15, 0.2) is 102 Å². The number of ketones is 3. The number of aliphatic hydroxyl groups is 3. The zero-order chi connectivity index (χ0) is 48.0. The second kappa shape index (κ2) is 20.4. The molecule has 2 amide bonds. The van der Waals surface area contributed by atoms with E-state index in [0.29, 0.717) is 17.5 Å². The van der Waals surface area contributed by atoms with Crippen LogP contribution in [-0.2, 0) is 16.0 Å². The molecule has 66 heavy (non-hydrogen) atoms. The predicted octanol–water partition coefficient (Wildman–Crippen LogP) is 2.77. The van der Waals surface area contributed by atoms with E-state index in [1.807, 2.05) is 24.4 Å². The number of phenols is 1. The molecule has 4 aliphatic rings. The lowest BCUT2D eigenvalue weighted by molar-refractivity contribution is -0.148. The molecule has 0 spiro atoms. The molecular weight excluding hydrogens is 854 g/mol. The van der Waals surface area contributed by atoms with Crippen molar-refractivity contribution in [1.29, 1.82) is 0 Å². The van der Waals surface area contributed by atoms with Gasteiger partial charge in [-0.1, -0.05) is 6.07 Å². The van der Waals surface area contributed by atoms with Crippen molar-refractivity contribution in [3.63, 3.8) is 0 Å². The highest BCUT2D eigenvalue weighted by Crippen LogP contribution is 2.53. The number of nitrogens with zero attached hydrogens (tertiary/aromatic N) is 7. The van der Waals surface area contributed by atoms with Crippen molar-refractivity contribution in [1.82, 2.24) is 24.8 Å². The summed E-state index contributed by atoms with van der Waals surface area (Å²) in [6.07, 6.45) is 7.70. The van der Waals surface area contributed by atoms with Crippen molar-refractivity contribution in [3.8, 4) is 5.75 Å². The molecule has 1 aliphatic heterocycles. The first kappa shape index (κ1) is 48.4. The summed E-state index contributed by atoms with van der Waals surface area (Å²) in [6, 6.07) is 13.8. The normalized spacial score (nSPS) is 21.4. The molecule has 1 saturated heterocycles. The zero-order valence-electron chi connectivity index (χ0n) is 37.1. The van der Waals surface area contributed by atoms with Crippen molar-refractivity contribution in [3.05, 3.63) is 130 Å². The SMILES string of the molecule is CN(C)c1ccc(O)c2c1C[C@H]1C[C@H]3[C@H](N(C)C)C(O)=C(C(N)=O)C(=O)[C@@]3(O)C(O)=C1C2=O.NC(=O)c1cnccn1.O=C(CCCN1CCN(c2ccccn2)CC1)c1ccc(F)cc1. The third-order valence-electron chi connectivity index (χ3n) is 12.3. The number of phenolic OH excluding ortho intramolecular Hbond substituents is 1. The smallest absolute Gasteiger partial charge is 0.268 e. The number of Topliss-reactive ketones (excluding diaryl/α,β-unsaturated/α-hetero) is 3. The molecule has 0 bridgehead atoms. The number of allylic oxidation sites excluding steroid dienone is 1. The zero-order valence-corrected chi connectivity index (χ0v) is 37.1. The van der Waals surface area contributed by atoms with E-state index < -0.39 is 64.0 Å². The highest BCUT2D eigenvalue weighted by atomic mass is 19.1. The molecule has 3 heterocycles. The topological polar surface area (TPSA) is 270 Å². The molecule has 4 atom stereocenters. The maximum absolute atomic E-state index is 13.5. The summed E-state index contributed by atoms with van der Waals surface area (Å²) in [4.78, 5) is 80.7. The summed E-state index contributed by atoms with van der Waals surface area (Å²) in [7, 11) is 6.79. The van der Waals surface area contributed by atoms with Gasteiger partial charge in [0.1, 0.15) is 40.2 Å². The van der Waals surface area contributed by atoms with E-state index >= 15 is 0 Å².